The Kier molecular flexibility index (Phi) is 5.96. The third-order valence-electron chi connectivity index (χ3n) is 5.02. The fourth-order valence-electron chi connectivity index (χ4n) is 4.01. The smallest absolute Gasteiger partial charge is 0.307 e. The Morgan fingerprint density at radius 1 is 1.25 bits per heavy atom. The van der Waals surface area contributed by atoms with E-state index in [1.54, 1.807) is 6.20 Å². The summed E-state index contributed by atoms with van der Waals surface area (Å²) in [5, 5.41) is 11.1. The molecule has 2 aromatic rings. The molecule has 1 aliphatic rings. The number of rotatable bonds is 3. The highest BCUT2D eigenvalue weighted by Crippen LogP contribution is 2.42. The maximum absolute atomic E-state index is 11.8. The first-order valence-corrected chi connectivity index (χ1v) is 9.45. The van der Waals surface area contributed by atoms with Crippen molar-refractivity contribution < 1.29 is 14.6 Å². The number of hydrogen-bond donors (Lipinski definition) is 1. The van der Waals surface area contributed by atoms with Crippen LogP contribution < -0.4 is 0 Å². The number of aliphatic hydroxyl groups is 1. The van der Waals surface area contributed by atoms with Gasteiger partial charge in [0.1, 0.15) is 5.76 Å². The largest absolute Gasteiger partial charge is 0.431 e. The molecule has 0 radical (unpaired) electrons. The molecule has 0 bridgehead atoms. The summed E-state index contributed by atoms with van der Waals surface area (Å²) in [4.78, 5) is 16.2. The van der Waals surface area contributed by atoms with E-state index in [0.717, 1.165) is 27.9 Å². The zero-order valence-electron chi connectivity index (χ0n) is 16.7. The summed E-state index contributed by atoms with van der Waals surface area (Å²) in [6.45, 7) is 7.20. The highest BCUT2D eigenvalue weighted by molar-refractivity contribution is 5.79. The molecule has 0 amide bonds. The molecule has 2 atom stereocenters. The summed E-state index contributed by atoms with van der Waals surface area (Å²) < 4.78 is 5.59. The maximum atomic E-state index is 11.8. The number of benzene rings is 1. The number of hydrogen-bond acceptors (Lipinski definition) is 4. The van der Waals surface area contributed by atoms with Gasteiger partial charge in [0, 0.05) is 42.3 Å². The second-order valence-electron chi connectivity index (χ2n) is 7.20. The van der Waals surface area contributed by atoms with Crippen molar-refractivity contribution in [1.82, 2.24) is 4.98 Å². The maximum Gasteiger partial charge on any atom is 0.307 e. The van der Waals surface area contributed by atoms with Gasteiger partial charge in [0.2, 0.25) is 0 Å². The second kappa shape index (κ2) is 8.41. The predicted molar refractivity (Wildman–Crippen MR) is 109 cm³/mol. The summed E-state index contributed by atoms with van der Waals surface area (Å²) in [6, 6.07) is 9.76. The summed E-state index contributed by atoms with van der Waals surface area (Å²) in [7, 11) is 0. The van der Waals surface area contributed by atoms with Crippen molar-refractivity contribution >= 4 is 11.5 Å². The number of nitrogens with zero attached hydrogens (tertiary/aromatic N) is 1. The van der Waals surface area contributed by atoms with E-state index >= 15 is 0 Å². The number of pyridine rings is 1. The molecular weight excluding hydrogens is 350 g/mol. The molecule has 1 N–H and O–H groups in total. The molecular formula is C24H25NO3. The van der Waals surface area contributed by atoms with Crippen LogP contribution in [0.25, 0.3) is 5.57 Å². The van der Waals surface area contributed by atoms with E-state index in [1.165, 1.54) is 6.92 Å². The fourth-order valence-corrected chi connectivity index (χ4v) is 4.01. The van der Waals surface area contributed by atoms with Crippen molar-refractivity contribution in [2.75, 3.05) is 0 Å². The molecule has 1 heterocycles. The van der Waals surface area contributed by atoms with Crippen molar-refractivity contribution in [2.45, 2.75) is 52.6 Å². The van der Waals surface area contributed by atoms with Crippen LogP contribution in [0, 0.1) is 25.7 Å². The first-order valence-electron chi connectivity index (χ1n) is 9.45. The van der Waals surface area contributed by atoms with Gasteiger partial charge in [0.25, 0.3) is 0 Å². The van der Waals surface area contributed by atoms with Crippen molar-refractivity contribution in [1.29, 1.82) is 0 Å². The van der Waals surface area contributed by atoms with Crippen LogP contribution in [0.1, 0.15) is 60.6 Å². The van der Waals surface area contributed by atoms with Crippen LogP contribution in [0.4, 0.5) is 0 Å². The Hall–Kier alpha value is -2.90. The number of aromatic nitrogens is 1. The number of ether oxygens (including phenoxy) is 1. The Balaban J connectivity index is 2.11. The Morgan fingerprint density at radius 2 is 1.96 bits per heavy atom. The van der Waals surface area contributed by atoms with Gasteiger partial charge in [0.05, 0.1) is 6.10 Å². The van der Waals surface area contributed by atoms with E-state index < -0.39 is 6.10 Å². The van der Waals surface area contributed by atoms with Gasteiger partial charge in [-0.05, 0) is 68.1 Å². The highest BCUT2D eigenvalue weighted by Gasteiger charge is 2.33. The van der Waals surface area contributed by atoms with Crippen LogP contribution in [-0.2, 0) is 9.53 Å². The van der Waals surface area contributed by atoms with Gasteiger partial charge in [-0.2, -0.15) is 0 Å². The predicted octanol–water partition coefficient (Wildman–Crippen LogP) is 4.28. The average molecular weight is 375 g/mol. The molecule has 3 rings (SSSR count). The SMILES string of the molecule is CC#Cc1cc(C)c(C2=C(OC(C)=O)CC(c3ccccn3)CC2O)c(C)c1. The lowest BCUT2D eigenvalue weighted by Gasteiger charge is -2.31. The van der Waals surface area contributed by atoms with Gasteiger partial charge in [-0.25, -0.2) is 0 Å². The van der Waals surface area contributed by atoms with Crippen LogP contribution in [-0.4, -0.2) is 22.2 Å². The molecule has 4 nitrogen and oxygen atoms in total. The Morgan fingerprint density at radius 3 is 2.54 bits per heavy atom. The normalized spacial score (nSPS) is 19.0. The molecule has 0 aliphatic heterocycles. The lowest BCUT2D eigenvalue weighted by molar-refractivity contribution is -0.137. The lowest BCUT2D eigenvalue weighted by atomic mass is 9.79. The minimum atomic E-state index is -0.740. The Labute approximate surface area is 166 Å². The minimum absolute atomic E-state index is 0.000133. The number of aliphatic hydroxyl groups excluding tert-OH is 1. The summed E-state index contributed by atoms with van der Waals surface area (Å²) in [5.41, 5.74) is 5.48. The van der Waals surface area contributed by atoms with Crippen molar-refractivity contribution in [3.63, 3.8) is 0 Å². The van der Waals surface area contributed by atoms with Gasteiger partial charge >= 0.3 is 5.97 Å². The highest BCUT2D eigenvalue weighted by atomic mass is 16.5. The summed E-state index contributed by atoms with van der Waals surface area (Å²) in [6.07, 6.45) is 2.06. The van der Waals surface area contributed by atoms with Gasteiger partial charge in [-0.15, -0.1) is 5.92 Å². The summed E-state index contributed by atoms with van der Waals surface area (Å²) >= 11 is 0. The minimum Gasteiger partial charge on any atom is -0.431 e. The van der Waals surface area contributed by atoms with Crippen molar-refractivity contribution in [3.8, 4) is 11.8 Å². The molecule has 0 saturated carbocycles. The first kappa shape index (κ1) is 19.9. The van der Waals surface area contributed by atoms with Crippen molar-refractivity contribution in [3.05, 3.63) is 70.2 Å². The molecule has 2 unspecified atom stereocenters. The number of carbonyl (C=O) groups is 1. The molecule has 1 aliphatic carbocycles. The number of esters is 1. The zero-order chi connectivity index (χ0) is 20.3. The van der Waals surface area contributed by atoms with Gasteiger partial charge in [0.15, 0.2) is 0 Å². The summed E-state index contributed by atoms with van der Waals surface area (Å²) in [5.74, 6) is 6.14. The molecule has 144 valence electrons. The fraction of sp³-hybridized carbons (Fsp3) is 0.333. The van der Waals surface area contributed by atoms with Crippen LogP contribution in [0.2, 0.25) is 0 Å². The molecule has 1 aromatic heterocycles. The number of allylic oxidation sites excluding steroid dienone is 1. The van der Waals surface area contributed by atoms with E-state index in [-0.39, 0.29) is 11.9 Å². The van der Waals surface area contributed by atoms with Crippen molar-refractivity contribution in [2.24, 2.45) is 0 Å². The molecule has 28 heavy (non-hydrogen) atoms. The quantitative estimate of drug-likeness (QED) is 0.642. The van der Waals surface area contributed by atoms with Crippen LogP contribution in [0.15, 0.2) is 42.3 Å². The van der Waals surface area contributed by atoms with E-state index in [2.05, 4.69) is 16.8 Å². The lowest BCUT2D eigenvalue weighted by Crippen LogP contribution is -2.25. The molecule has 4 heteroatoms. The molecule has 0 fully saturated rings. The van der Waals surface area contributed by atoms with Gasteiger partial charge in [-0.3, -0.25) is 9.78 Å². The molecule has 0 saturated heterocycles. The van der Waals surface area contributed by atoms with E-state index in [9.17, 15) is 9.90 Å². The van der Waals surface area contributed by atoms with E-state index in [0.29, 0.717) is 24.2 Å². The first-order chi connectivity index (χ1) is 13.4. The van der Waals surface area contributed by atoms with Crippen LogP contribution in [0.5, 0.6) is 0 Å². The third kappa shape index (κ3) is 4.16. The number of carbonyl (C=O) groups excluding carboxylic acids is 1. The van der Waals surface area contributed by atoms with Gasteiger partial charge < -0.3 is 9.84 Å². The van der Waals surface area contributed by atoms with Crippen LogP contribution >= 0.6 is 0 Å². The van der Waals surface area contributed by atoms with E-state index in [1.807, 2.05) is 51.1 Å². The van der Waals surface area contributed by atoms with Gasteiger partial charge in [-0.1, -0.05) is 12.0 Å². The van der Waals surface area contributed by atoms with Crippen LogP contribution in [0.3, 0.4) is 0 Å². The zero-order valence-corrected chi connectivity index (χ0v) is 16.7. The second-order valence-corrected chi connectivity index (χ2v) is 7.20. The molecule has 0 spiro atoms. The standard InChI is InChI=1S/C24H25NO3/c1-5-8-18-11-15(2)23(16(3)12-18)24-21(27)13-19(14-22(24)28-17(4)26)20-9-6-7-10-25-20/h6-7,9-12,19,21,27H,13-14H2,1-4H3. The third-order valence-corrected chi connectivity index (χ3v) is 5.02. The van der Waals surface area contributed by atoms with E-state index in [4.69, 9.17) is 4.74 Å². The Bertz CT molecular complexity index is 957. The molecule has 1 aromatic carbocycles. The topological polar surface area (TPSA) is 59.4 Å². The number of aryl methyl sites for hydroxylation is 2. The average Bonchev–Trinajstić information content (AvgIpc) is 2.63. The monoisotopic (exact) mass is 375 g/mol.